The van der Waals surface area contributed by atoms with Crippen LogP contribution < -0.4 is 5.32 Å². The first-order valence-electron chi connectivity index (χ1n) is 10.2. The number of amides is 1. The number of piperidine rings is 1. The number of carbonyl (C=O) groups is 1. The van der Waals surface area contributed by atoms with Gasteiger partial charge in [0.15, 0.2) is 0 Å². The Morgan fingerprint density at radius 1 is 1.00 bits per heavy atom. The first kappa shape index (κ1) is 20.9. The second-order valence-corrected chi connectivity index (χ2v) is 7.61. The molecule has 31 heavy (non-hydrogen) atoms. The van der Waals surface area contributed by atoms with Crippen molar-refractivity contribution in [2.75, 3.05) is 18.4 Å². The maximum atomic E-state index is 14.5. The molecule has 3 aromatic rings. The van der Waals surface area contributed by atoms with E-state index in [9.17, 15) is 18.0 Å². The normalized spacial score (nSPS) is 14.5. The van der Waals surface area contributed by atoms with Gasteiger partial charge in [-0.05, 0) is 42.0 Å². The van der Waals surface area contributed by atoms with Crippen molar-refractivity contribution in [2.45, 2.75) is 25.3 Å². The Morgan fingerprint density at radius 3 is 2.35 bits per heavy atom. The third kappa shape index (κ3) is 4.71. The van der Waals surface area contributed by atoms with Gasteiger partial charge in [-0.25, -0.2) is 9.37 Å². The first-order chi connectivity index (χ1) is 15.0. The Hall–Kier alpha value is -3.35. The summed E-state index contributed by atoms with van der Waals surface area (Å²) in [6.45, 7) is 1.18. The number of aromatic nitrogens is 1. The molecular formula is C24H22F3N3O. The molecule has 0 unspecified atom stereocenters. The summed E-state index contributed by atoms with van der Waals surface area (Å²) in [4.78, 5) is 18.1. The largest absolute Gasteiger partial charge is 0.378 e. The molecule has 0 spiro atoms. The van der Waals surface area contributed by atoms with Crippen molar-refractivity contribution in [2.24, 2.45) is 0 Å². The lowest BCUT2D eigenvalue weighted by Gasteiger charge is -2.32. The zero-order valence-electron chi connectivity index (χ0n) is 16.8. The van der Waals surface area contributed by atoms with E-state index in [4.69, 9.17) is 0 Å². The van der Waals surface area contributed by atoms with Crippen LogP contribution in [-0.2, 0) is 6.54 Å². The number of likely N-dealkylation sites (tertiary alicyclic amines) is 1. The van der Waals surface area contributed by atoms with Gasteiger partial charge < -0.3 is 10.2 Å². The molecule has 2 heterocycles. The molecule has 1 saturated heterocycles. The molecule has 0 radical (unpaired) electrons. The van der Waals surface area contributed by atoms with E-state index < -0.39 is 11.8 Å². The van der Waals surface area contributed by atoms with E-state index in [1.807, 2.05) is 30.3 Å². The van der Waals surface area contributed by atoms with Crippen molar-refractivity contribution < 1.29 is 18.0 Å². The SMILES string of the molecule is O=C(c1cnc(F)c(F)c1NCc1ccccc1)N1CCC(c2ccc(F)cc2)CC1. The molecule has 0 saturated carbocycles. The van der Waals surface area contributed by atoms with Crippen LogP contribution in [0.5, 0.6) is 0 Å². The Labute approximate surface area is 178 Å². The molecule has 1 N–H and O–H groups in total. The fourth-order valence-corrected chi connectivity index (χ4v) is 3.91. The monoisotopic (exact) mass is 425 g/mol. The van der Waals surface area contributed by atoms with Crippen LogP contribution in [0.2, 0.25) is 0 Å². The number of anilines is 1. The highest BCUT2D eigenvalue weighted by Gasteiger charge is 2.28. The van der Waals surface area contributed by atoms with E-state index >= 15 is 0 Å². The lowest BCUT2D eigenvalue weighted by atomic mass is 9.89. The fourth-order valence-electron chi connectivity index (χ4n) is 3.91. The van der Waals surface area contributed by atoms with Crippen LogP contribution in [-0.4, -0.2) is 28.9 Å². The van der Waals surface area contributed by atoms with Gasteiger partial charge in [-0.2, -0.15) is 8.78 Å². The predicted molar refractivity (Wildman–Crippen MR) is 112 cm³/mol. The molecule has 0 bridgehead atoms. The molecule has 2 aromatic carbocycles. The smallest absolute Gasteiger partial charge is 0.257 e. The van der Waals surface area contributed by atoms with Crippen LogP contribution in [0.25, 0.3) is 0 Å². The van der Waals surface area contributed by atoms with Gasteiger partial charge in [0.2, 0.25) is 5.82 Å². The maximum absolute atomic E-state index is 14.5. The van der Waals surface area contributed by atoms with Crippen LogP contribution in [0.3, 0.4) is 0 Å². The van der Waals surface area contributed by atoms with Gasteiger partial charge in [0.25, 0.3) is 11.9 Å². The van der Waals surface area contributed by atoms with Crippen LogP contribution in [0, 0.1) is 17.6 Å². The summed E-state index contributed by atoms with van der Waals surface area (Å²) in [6, 6.07) is 15.7. The van der Waals surface area contributed by atoms with Gasteiger partial charge in [-0.1, -0.05) is 42.5 Å². The number of halogens is 3. The Kier molecular flexibility index (Phi) is 6.21. The van der Waals surface area contributed by atoms with Crippen molar-refractivity contribution >= 4 is 11.6 Å². The highest BCUT2D eigenvalue weighted by Crippen LogP contribution is 2.30. The van der Waals surface area contributed by atoms with Gasteiger partial charge >= 0.3 is 0 Å². The zero-order chi connectivity index (χ0) is 21.8. The summed E-state index contributed by atoms with van der Waals surface area (Å²) >= 11 is 0. The van der Waals surface area contributed by atoms with Crippen molar-refractivity contribution in [3.63, 3.8) is 0 Å². The van der Waals surface area contributed by atoms with Crippen molar-refractivity contribution in [1.29, 1.82) is 0 Å². The molecule has 4 nitrogen and oxygen atoms in total. The minimum atomic E-state index is -1.25. The topological polar surface area (TPSA) is 45.2 Å². The maximum Gasteiger partial charge on any atom is 0.257 e. The third-order valence-corrected chi connectivity index (χ3v) is 5.64. The standard InChI is InChI=1S/C24H22F3N3O/c25-19-8-6-17(7-9-19)18-10-12-30(13-11-18)24(31)20-15-29-23(27)21(26)22(20)28-14-16-4-2-1-3-5-16/h1-9,15,18H,10-14H2,(H,28,29). The number of nitrogens with one attached hydrogen (secondary N) is 1. The summed E-state index contributed by atoms with van der Waals surface area (Å²) < 4.78 is 41.4. The van der Waals surface area contributed by atoms with Gasteiger partial charge in [0.05, 0.1) is 11.3 Å². The molecule has 1 amide bonds. The highest BCUT2D eigenvalue weighted by atomic mass is 19.2. The Morgan fingerprint density at radius 2 is 1.68 bits per heavy atom. The van der Waals surface area contributed by atoms with Gasteiger partial charge in [0, 0.05) is 25.8 Å². The fraction of sp³-hybridized carbons (Fsp3) is 0.250. The summed E-state index contributed by atoms with van der Waals surface area (Å²) in [7, 11) is 0. The number of hydrogen-bond donors (Lipinski definition) is 1. The summed E-state index contributed by atoms with van der Waals surface area (Å²) in [5, 5.41) is 2.86. The predicted octanol–water partition coefficient (Wildman–Crippen LogP) is 5.13. The number of benzene rings is 2. The van der Waals surface area contributed by atoms with Crippen LogP contribution >= 0.6 is 0 Å². The number of hydrogen-bond acceptors (Lipinski definition) is 3. The van der Waals surface area contributed by atoms with Crippen molar-refractivity contribution in [3.05, 3.63) is 95.1 Å². The minimum absolute atomic E-state index is 0.00932. The average Bonchev–Trinajstić information content (AvgIpc) is 2.81. The molecule has 1 aliphatic heterocycles. The number of rotatable bonds is 5. The summed E-state index contributed by atoms with van der Waals surface area (Å²) in [6.07, 6.45) is 2.50. The molecule has 0 atom stereocenters. The van der Waals surface area contributed by atoms with Gasteiger partial charge in [-0.3, -0.25) is 4.79 Å². The lowest BCUT2D eigenvalue weighted by Crippen LogP contribution is -2.38. The summed E-state index contributed by atoms with van der Waals surface area (Å²) in [5.41, 5.74) is 1.74. The van der Waals surface area contributed by atoms with Crippen LogP contribution in [0.1, 0.15) is 40.2 Å². The third-order valence-electron chi connectivity index (χ3n) is 5.64. The van der Waals surface area contributed by atoms with E-state index in [2.05, 4.69) is 10.3 Å². The van der Waals surface area contributed by atoms with Crippen LogP contribution in [0.4, 0.5) is 18.9 Å². The number of nitrogens with zero attached hydrogens (tertiary/aromatic N) is 2. The zero-order valence-corrected chi connectivity index (χ0v) is 16.8. The van der Waals surface area contributed by atoms with Gasteiger partial charge in [0.1, 0.15) is 5.82 Å². The highest BCUT2D eigenvalue weighted by molar-refractivity contribution is 5.99. The van der Waals surface area contributed by atoms with Gasteiger partial charge in [-0.15, -0.1) is 0 Å². The molecule has 1 aliphatic rings. The molecule has 1 fully saturated rings. The van der Waals surface area contributed by atoms with E-state index in [0.717, 1.165) is 17.3 Å². The lowest BCUT2D eigenvalue weighted by molar-refractivity contribution is 0.0713. The first-order valence-corrected chi connectivity index (χ1v) is 10.2. The van der Waals surface area contributed by atoms with E-state index in [1.54, 1.807) is 17.0 Å². The quantitative estimate of drug-likeness (QED) is 0.577. The van der Waals surface area contributed by atoms with Crippen molar-refractivity contribution in [3.8, 4) is 0 Å². The Bertz CT molecular complexity index is 1050. The van der Waals surface area contributed by atoms with E-state index in [-0.39, 0.29) is 35.4 Å². The van der Waals surface area contributed by atoms with E-state index in [0.29, 0.717) is 25.9 Å². The number of pyridine rings is 1. The number of carbonyl (C=O) groups excluding carboxylic acids is 1. The molecule has 0 aliphatic carbocycles. The molecule has 4 rings (SSSR count). The second-order valence-electron chi connectivity index (χ2n) is 7.61. The average molecular weight is 425 g/mol. The second kappa shape index (κ2) is 9.20. The molecule has 7 heteroatoms. The van der Waals surface area contributed by atoms with E-state index in [1.165, 1.54) is 12.1 Å². The molecular weight excluding hydrogens is 403 g/mol. The summed E-state index contributed by atoms with van der Waals surface area (Å²) in [5.74, 6) is -2.86. The van der Waals surface area contributed by atoms with Crippen molar-refractivity contribution in [1.82, 2.24) is 9.88 Å². The molecule has 1 aromatic heterocycles. The molecule has 160 valence electrons. The van der Waals surface area contributed by atoms with Crippen LogP contribution in [0.15, 0.2) is 60.8 Å². The minimum Gasteiger partial charge on any atom is -0.378 e. The Balaban J connectivity index is 1.48.